The van der Waals surface area contributed by atoms with Crippen LogP contribution in [0.25, 0.3) is 10.2 Å². The number of hydrogen-bond donors (Lipinski definition) is 0. The van der Waals surface area contributed by atoms with Crippen molar-refractivity contribution >= 4 is 32.6 Å². The van der Waals surface area contributed by atoms with E-state index >= 15 is 0 Å². The maximum absolute atomic E-state index is 13.0. The first-order chi connectivity index (χ1) is 12.5. The number of hydrogen-bond acceptors (Lipinski definition) is 4. The molecule has 1 amide bonds. The summed E-state index contributed by atoms with van der Waals surface area (Å²) >= 11 is 1.60. The van der Waals surface area contributed by atoms with Crippen molar-refractivity contribution in [2.24, 2.45) is 0 Å². The fourth-order valence-corrected chi connectivity index (χ4v) is 3.98. The summed E-state index contributed by atoms with van der Waals surface area (Å²) in [7, 11) is 4.10. The van der Waals surface area contributed by atoms with Crippen molar-refractivity contribution in [1.29, 1.82) is 0 Å². The second kappa shape index (κ2) is 8.43. The number of carbonyl (C=O) groups excluding carboxylic acids is 1. The minimum atomic E-state index is 0.103. The van der Waals surface area contributed by atoms with Crippen molar-refractivity contribution in [3.05, 3.63) is 59.7 Å². The first-order valence-corrected chi connectivity index (χ1v) is 9.71. The molecule has 26 heavy (non-hydrogen) atoms. The van der Waals surface area contributed by atoms with Crippen LogP contribution in [0, 0.1) is 6.92 Å². The summed E-state index contributed by atoms with van der Waals surface area (Å²) in [6.45, 7) is 3.70. The smallest absolute Gasteiger partial charge is 0.233 e. The fourth-order valence-electron chi connectivity index (χ4n) is 2.87. The van der Waals surface area contributed by atoms with E-state index in [0.29, 0.717) is 13.0 Å². The Balaban J connectivity index is 1.84. The van der Waals surface area contributed by atoms with E-state index in [0.717, 1.165) is 33.9 Å². The van der Waals surface area contributed by atoms with Crippen LogP contribution in [0.1, 0.15) is 17.5 Å². The van der Waals surface area contributed by atoms with Gasteiger partial charge in [-0.1, -0.05) is 47.7 Å². The zero-order chi connectivity index (χ0) is 18.5. The number of anilines is 1. The molecule has 5 heteroatoms. The van der Waals surface area contributed by atoms with Gasteiger partial charge in [0.1, 0.15) is 0 Å². The van der Waals surface area contributed by atoms with E-state index in [2.05, 4.69) is 38.1 Å². The molecule has 0 aliphatic carbocycles. The number of carbonyl (C=O) groups is 1. The Kier molecular flexibility index (Phi) is 6.01. The van der Waals surface area contributed by atoms with Crippen molar-refractivity contribution in [2.75, 3.05) is 32.1 Å². The van der Waals surface area contributed by atoms with E-state index in [9.17, 15) is 4.79 Å². The second-order valence-corrected chi connectivity index (χ2v) is 7.84. The lowest BCUT2D eigenvalue weighted by Gasteiger charge is -2.21. The number of aromatic nitrogens is 1. The molecule has 0 saturated heterocycles. The van der Waals surface area contributed by atoms with Crippen molar-refractivity contribution < 1.29 is 4.79 Å². The van der Waals surface area contributed by atoms with Gasteiger partial charge in [-0.15, -0.1) is 0 Å². The second-order valence-electron chi connectivity index (χ2n) is 6.83. The summed E-state index contributed by atoms with van der Waals surface area (Å²) in [6, 6.07) is 16.1. The van der Waals surface area contributed by atoms with Gasteiger partial charge in [0.15, 0.2) is 5.13 Å². The molecule has 0 spiro atoms. The molecule has 2 aromatic carbocycles. The van der Waals surface area contributed by atoms with Crippen LogP contribution in [-0.2, 0) is 11.2 Å². The Morgan fingerprint density at radius 1 is 1.08 bits per heavy atom. The number of benzene rings is 2. The Morgan fingerprint density at radius 2 is 1.85 bits per heavy atom. The number of aryl methyl sites for hydroxylation is 1. The predicted molar refractivity (Wildman–Crippen MR) is 110 cm³/mol. The van der Waals surface area contributed by atoms with E-state index < -0.39 is 0 Å². The number of rotatable bonds is 7. The standard InChI is InChI=1S/C21H25N3OS/c1-16-10-11-18-19(14-16)26-21(22-18)24(13-7-12-23(2)3)20(25)15-17-8-5-4-6-9-17/h4-6,8-11,14H,7,12-13,15H2,1-3H3. The van der Waals surface area contributed by atoms with Crippen molar-refractivity contribution in [2.45, 2.75) is 19.8 Å². The molecule has 0 unspecified atom stereocenters. The van der Waals surface area contributed by atoms with Crippen LogP contribution >= 0.6 is 11.3 Å². The van der Waals surface area contributed by atoms with Gasteiger partial charge in [-0.3, -0.25) is 9.69 Å². The lowest BCUT2D eigenvalue weighted by Crippen LogP contribution is -2.34. The van der Waals surface area contributed by atoms with Crippen molar-refractivity contribution in [1.82, 2.24) is 9.88 Å². The van der Waals surface area contributed by atoms with Crippen molar-refractivity contribution in [3.63, 3.8) is 0 Å². The molecule has 0 radical (unpaired) electrons. The lowest BCUT2D eigenvalue weighted by atomic mass is 10.1. The minimum absolute atomic E-state index is 0.103. The molecule has 0 bridgehead atoms. The predicted octanol–water partition coefficient (Wildman–Crippen LogP) is 4.13. The quantitative estimate of drug-likeness (QED) is 0.630. The number of fused-ring (bicyclic) bond motifs is 1. The lowest BCUT2D eigenvalue weighted by molar-refractivity contribution is -0.118. The van der Waals surface area contributed by atoms with Crippen LogP contribution in [0.15, 0.2) is 48.5 Å². The molecule has 3 aromatic rings. The maximum Gasteiger partial charge on any atom is 0.233 e. The molecule has 0 fully saturated rings. The van der Waals surface area contributed by atoms with Crippen LogP contribution in [0.2, 0.25) is 0 Å². The molecule has 0 N–H and O–H groups in total. The monoisotopic (exact) mass is 367 g/mol. The van der Waals surface area contributed by atoms with E-state index in [4.69, 9.17) is 4.98 Å². The first-order valence-electron chi connectivity index (χ1n) is 8.89. The van der Waals surface area contributed by atoms with Crippen LogP contribution in [0.5, 0.6) is 0 Å². The normalized spacial score (nSPS) is 11.2. The Hall–Kier alpha value is -2.24. The van der Waals surface area contributed by atoms with Crippen LogP contribution in [0.3, 0.4) is 0 Å². The first kappa shape index (κ1) is 18.5. The summed E-state index contributed by atoms with van der Waals surface area (Å²) in [5.41, 5.74) is 3.20. The van der Waals surface area contributed by atoms with E-state index in [1.807, 2.05) is 41.3 Å². The highest BCUT2D eigenvalue weighted by Gasteiger charge is 2.20. The zero-order valence-electron chi connectivity index (χ0n) is 15.6. The Labute approximate surface area is 159 Å². The molecule has 0 aliphatic rings. The van der Waals surface area contributed by atoms with E-state index in [1.54, 1.807) is 11.3 Å². The molecule has 1 heterocycles. The number of amides is 1. The van der Waals surface area contributed by atoms with Crippen LogP contribution in [-0.4, -0.2) is 43.0 Å². The maximum atomic E-state index is 13.0. The molecule has 0 aliphatic heterocycles. The van der Waals surface area contributed by atoms with Gasteiger partial charge in [-0.25, -0.2) is 4.98 Å². The summed E-state index contributed by atoms with van der Waals surface area (Å²) in [5.74, 6) is 0.103. The molecule has 4 nitrogen and oxygen atoms in total. The minimum Gasteiger partial charge on any atom is -0.309 e. The summed E-state index contributed by atoms with van der Waals surface area (Å²) in [5, 5.41) is 0.797. The highest BCUT2D eigenvalue weighted by molar-refractivity contribution is 7.22. The SMILES string of the molecule is Cc1ccc2nc(N(CCCN(C)C)C(=O)Cc3ccccc3)sc2c1. The van der Waals surface area contributed by atoms with Gasteiger partial charge < -0.3 is 4.90 Å². The molecule has 136 valence electrons. The average molecular weight is 368 g/mol. The number of nitrogens with zero attached hydrogens (tertiary/aromatic N) is 3. The van der Waals surface area contributed by atoms with Gasteiger partial charge >= 0.3 is 0 Å². The molecule has 0 saturated carbocycles. The topological polar surface area (TPSA) is 36.4 Å². The van der Waals surface area contributed by atoms with Crippen molar-refractivity contribution in [3.8, 4) is 0 Å². The van der Waals surface area contributed by atoms with Gasteiger partial charge in [-0.05, 0) is 57.2 Å². The average Bonchev–Trinajstić information content (AvgIpc) is 3.01. The third kappa shape index (κ3) is 4.68. The van der Waals surface area contributed by atoms with Gasteiger partial charge in [0.2, 0.25) is 5.91 Å². The highest BCUT2D eigenvalue weighted by Crippen LogP contribution is 2.30. The molecule has 1 aromatic heterocycles. The fraction of sp³-hybridized carbons (Fsp3) is 0.333. The van der Waals surface area contributed by atoms with Crippen LogP contribution < -0.4 is 4.90 Å². The summed E-state index contributed by atoms with van der Waals surface area (Å²) in [4.78, 5) is 21.7. The van der Waals surface area contributed by atoms with Gasteiger partial charge in [-0.2, -0.15) is 0 Å². The van der Waals surface area contributed by atoms with E-state index in [-0.39, 0.29) is 5.91 Å². The van der Waals surface area contributed by atoms with Gasteiger partial charge in [0, 0.05) is 6.54 Å². The third-order valence-corrected chi connectivity index (χ3v) is 5.29. The summed E-state index contributed by atoms with van der Waals surface area (Å²) in [6.07, 6.45) is 1.32. The molecular weight excluding hydrogens is 342 g/mol. The molecular formula is C21H25N3OS. The van der Waals surface area contributed by atoms with Gasteiger partial charge in [0.25, 0.3) is 0 Å². The third-order valence-electron chi connectivity index (χ3n) is 4.25. The van der Waals surface area contributed by atoms with Gasteiger partial charge in [0.05, 0.1) is 16.6 Å². The Morgan fingerprint density at radius 3 is 2.58 bits per heavy atom. The number of thiazole rings is 1. The molecule has 0 atom stereocenters. The largest absolute Gasteiger partial charge is 0.309 e. The van der Waals surface area contributed by atoms with E-state index in [1.165, 1.54) is 5.56 Å². The Bertz CT molecular complexity index is 873. The van der Waals surface area contributed by atoms with Crippen LogP contribution in [0.4, 0.5) is 5.13 Å². The molecule has 3 rings (SSSR count). The summed E-state index contributed by atoms with van der Waals surface area (Å²) < 4.78 is 1.13. The zero-order valence-corrected chi connectivity index (χ0v) is 16.4. The highest BCUT2D eigenvalue weighted by atomic mass is 32.1.